The Morgan fingerprint density at radius 3 is 2.59 bits per heavy atom. The van der Waals surface area contributed by atoms with Gasteiger partial charge in [0.05, 0.1) is 5.02 Å². The van der Waals surface area contributed by atoms with Crippen molar-refractivity contribution in [1.29, 1.82) is 0 Å². The van der Waals surface area contributed by atoms with Crippen molar-refractivity contribution < 1.29 is 4.52 Å². The normalized spacial score (nSPS) is 11.5. The third-order valence-electron chi connectivity index (χ3n) is 2.02. The molecule has 1 aromatic heterocycles. The molecule has 1 aromatic carbocycles. The molecule has 2 rings (SSSR count). The highest BCUT2D eigenvalue weighted by atomic mass is 35.5. The van der Waals surface area contributed by atoms with Gasteiger partial charge < -0.3 is 9.84 Å². The number of aromatic nitrogens is 2. The zero-order chi connectivity index (χ0) is 12.5. The molecule has 0 aliphatic heterocycles. The maximum absolute atomic E-state index is 6.06. The fourth-order valence-electron chi connectivity index (χ4n) is 1.35. The molecule has 0 saturated carbocycles. The van der Waals surface area contributed by atoms with Crippen molar-refractivity contribution in [2.45, 2.75) is 26.3 Å². The Bertz CT molecular complexity index is 516. The van der Waals surface area contributed by atoms with E-state index in [1.165, 1.54) is 0 Å². The lowest BCUT2D eigenvalue weighted by Crippen LogP contribution is -2.26. The van der Waals surface area contributed by atoms with E-state index in [9.17, 15) is 0 Å². The fourth-order valence-corrected chi connectivity index (χ4v) is 1.57. The molecule has 2 aromatic rings. The molecule has 90 valence electrons. The van der Waals surface area contributed by atoms with Crippen molar-refractivity contribution in [3.05, 3.63) is 29.3 Å². The molecule has 0 aliphatic rings. The summed E-state index contributed by atoms with van der Waals surface area (Å²) >= 11 is 6.06. The van der Waals surface area contributed by atoms with Crippen molar-refractivity contribution in [2.24, 2.45) is 0 Å². The Labute approximate surface area is 105 Å². The zero-order valence-corrected chi connectivity index (χ0v) is 10.7. The summed E-state index contributed by atoms with van der Waals surface area (Å²) in [5.41, 5.74) is 0.643. The van der Waals surface area contributed by atoms with Crippen molar-refractivity contribution in [1.82, 2.24) is 10.1 Å². The average molecular weight is 252 g/mol. The number of benzene rings is 1. The summed E-state index contributed by atoms with van der Waals surface area (Å²) < 4.78 is 5.12. The van der Waals surface area contributed by atoms with E-state index in [0.29, 0.717) is 16.9 Å². The van der Waals surface area contributed by atoms with Crippen LogP contribution in [0.4, 0.5) is 6.01 Å². The molecule has 0 saturated heterocycles. The predicted molar refractivity (Wildman–Crippen MR) is 68.1 cm³/mol. The first-order chi connectivity index (χ1) is 7.96. The van der Waals surface area contributed by atoms with Crippen LogP contribution in [0.1, 0.15) is 20.8 Å². The average Bonchev–Trinajstić information content (AvgIpc) is 2.64. The molecule has 0 fully saturated rings. The summed E-state index contributed by atoms with van der Waals surface area (Å²) in [6.45, 7) is 6.06. The van der Waals surface area contributed by atoms with E-state index in [4.69, 9.17) is 16.1 Å². The largest absolute Gasteiger partial charge is 0.333 e. The molecule has 0 atom stereocenters. The summed E-state index contributed by atoms with van der Waals surface area (Å²) in [4.78, 5) is 4.25. The van der Waals surface area contributed by atoms with E-state index in [0.717, 1.165) is 5.56 Å². The quantitative estimate of drug-likeness (QED) is 0.886. The van der Waals surface area contributed by atoms with Crippen LogP contribution in [0.5, 0.6) is 0 Å². The van der Waals surface area contributed by atoms with Gasteiger partial charge in [-0.2, -0.15) is 4.98 Å². The van der Waals surface area contributed by atoms with Gasteiger partial charge in [-0.05, 0) is 32.9 Å². The summed E-state index contributed by atoms with van der Waals surface area (Å²) in [6, 6.07) is 7.79. The van der Waals surface area contributed by atoms with E-state index in [2.05, 4.69) is 15.5 Å². The third-order valence-corrected chi connectivity index (χ3v) is 2.35. The Hall–Kier alpha value is -1.55. The highest BCUT2D eigenvalue weighted by Crippen LogP contribution is 2.26. The third kappa shape index (κ3) is 2.97. The van der Waals surface area contributed by atoms with E-state index in [-0.39, 0.29) is 5.54 Å². The first-order valence-corrected chi connectivity index (χ1v) is 5.70. The smallest absolute Gasteiger partial charge is 0.322 e. The van der Waals surface area contributed by atoms with Gasteiger partial charge in [-0.15, -0.1) is 0 Å². The van der Waals surface area contributed by atoms with Crippen LogP contribution in [0.3, 0.4) is 0 Å². The maximum Gasteiger partial charge on any atom is 0.322 e. The lowest BCUT2D eigenvalue weighted by Gasteiger charge is -2.17. The second-order valence-corrected chi connectivity index (χ2v) is 5.19. The van der Waals surface area contributed by atoms with Crippen LogP contribution in [0.15, 0.2) is 28.8 Å². The number of nitrogens with one attached hydrogen (secondary N) is 1. The van der Waals surface area contributed by atoms with Gasteiger partial charge in [0.1, 0.15) is 0 Å². The second-order valence-electron chi connectivity index (χ2n) is 4.78. The molecular formula is C12H14ClN3O. The molecule has 5 heteroatoms. The van der Waals surface area contributed by atoms with Gasteiger partial charge >= 0.3 is 6.01 Å². The molecule has 1 N–H and O–H groups in total. The van der Waals surface area contributed by atoms with Crippen LogP contribution >= 0.6 is 11.6 Å². The number of hydrogen-bond donors (Lipinski definition) is 1. The standard InChI is InChI=1S/C12H14ClN3O/c1-12(2,3)15-11-14-10(16-17-11)8-6-4-5-7-9(8)13/h4-7H,1-3H3,(H,14,15,16). The summed E-state index contributed by atoms with van der Waals surface area (Å²) in [6.07, 6.45) is 0. The van der Waals surface area contributed by atoms with Crippen LogP contribution in [-0.2, 0) is 0 Å². The predicted octanol–water partition coefficient (Wildman–Crippen LogP) is 3.60. The first kappa shape index (κ1) is 11.9. The zero-order valence-electron chi connectivity index (χ0n) is 9.99. The molecule has 0 amide bonds. The Morgan fingerprint density at radius 1 is 1.24 bits per heavy atom. The second kappa shape index (κ2) is 4.37. The lowest BCUT2D eigenvalue weighted by molar-refractivity contribution is 0.420. The van der Waals surface area contributed by atoms with Crippen LogP contribution in [0.25, 0.3) is 11.4 Å². The highest BCUT2D eigenvalue weighted by Gasteiger charge is 2.16. The van der Waals surface area contributed by atoms with Crippen LogP contribution < -0.4 is 5.32 Å². The van der Waals surface area contributed by atoms with Crippen LogP contribution in [0.2, 0.25) is 5.02 Å². The number of rotatable bonds is 2. The van der Waals surface area contributed by atoms with E-state index >= 15 is 0 Å². The first-order valence-electron chi connectivity index (χ1n) is 5.32. The topological polar surface area (TPSA) is 51.0 Å². The van der Waals surface area contributed by atoms with E-state index in [1.807, 2.05) is 39.0 Å². The maximum atomic E-state index is 6.06. The van der Waals surface area contributed by atoms with Crippen molar-refractivity contribution in [3.63, 3.8) is 0 Å². The molecule has 0 unspecified atom stereocenters. The van der Waals surface area contributed by atoms with E-state index in [1.54, 1.807) is 6.07 Å². The molecule has 4 nitrogen and oxygen atoms in total. The van der Waals surface area contributed by atoms with Crippen LogP contribution in [-0.4, -0.2) is 15.7 Å². The van der Waals surface area contributed by atoms with Crippen molar-refractivity contribution in [2.75, 3.05) is 5.32 Å². The summed E-state index contributed by atoms with van der Waals surface area (Å²) in [5, 5.41) is 7.61. The Morgan fingerprint density at radius 2 is 1.94 bits per heavy atom. The molecular weight excluding hydrogens is 238 g/mol. The molecule has 1 heterocycles. The number of nitrogens with zero attached hydrogens (tertiary/aromatic N) is 2. The molecule has 0 bridgehead atoms. The summed E-state index contributed by atoms with van der Waals surface area (Å²) in [5.74, 6) is 0.488. The minimum absolute atomic E-state index is 0.121. The minimum Gasteiger partial charge on any atom is -0.333 e. The summed E-state index contributed by atoms with van der Waals surface area (Å²) in [7, 11) is 0. The molecule has 17 heavy (non-hydrogen) atoms. The van der Waals surface area contributed by atoms with Crippen molar-refractivity contribution in [3.8, 4) is 11.4 Å². The van der Waals surface area contributed by atoms with Gasteiger partial charge in [-0.3, -0.25) is 0 Å². The van der Waals surface area contributed by atoms with Crippen LogP contribution in [0, 0.1) is 0 Å². The molecule has 0 radical (unpaired) electrons. The Balaban J connectivity index is 2.28. The van der Waals surface area contributed by atoms with Gasteiger partial charge in [0, 0.05) is 11.1 Å². The Kier molecular flexibility index (Phi) is 3.07. The highest BCUT2D eigenvalue weighted by molar-refractivity contribution is 6.33. The SMILES string of the molecule is CC(C)(C)Nc1nc(-c2ccccc2Cl)no1. The fraction of sp³-hybridized carbons (Fsp3) is 0.333. The lowest BCUT2D eigenvalue weighted by atomic mass is 10.1. The van der Waals surface area contributed by atoms with Gasteiger partial charge in [-0.25, -0.2) is 0 Å². The monoisotopic (exact) mass is 251 g/mol. The van der Waals surface area contributed by atoms with Gasteiger partial charge in [0.15, 0.2) is 0 Å². The minimum atomic E-state index is -0.121. The number of halogens is 1. The van der Waals surface area contributed by atoms with E-state index < -0.39 is 0 Å². The van der Waals surface area contributed by atoms with Gasteiger partial charge in [-0.1, -0.05) is 28.9 Å². The number of hydrogen-bond acceptors (Lipinski definition) is 4. The van der Waals surface area contributed by atoms with Gasteiger partial charge in [0.25, 0.3) is 0 Å². The molecule has 0 spiro atoms. The molecule has 0 aliphatic carbocycles. The van der Waals surface area contributed by atoms with Gasteiger partial charge in [0.2, 0.25) is 5.82 Å². The van der Waals surface area contributed by atoms with Crippen molar-refractivity contribution >= 4 is 17.6 Å². The number of anilines is 1.